The summed E-state index contributed by atoms with van der Waals surface area (Å²) in [5.74, 6) is 0.669. The van der Waals surface area contributed by atoms with Crippen LogP contribution < -0.4 is 26.2 Å². The van der Waals surface area contributed by atoms with Gasteiger partial charge in [0.1, 0.15) is 35.2 Å². The fourth-order valence-electron chi connectivity index (χ4n) is 5.00. The SMILES string of the molecule is Cc1c2ccccc2nc(Cn2c(=O)c3c(c(C#N)c(N4CCCNCC4)n3C)n(C)c2=O)[n+]1[O-]. The second-order valence-corrected chi connectivity index (χ2v) is 8.82. The van der Waals surface area contributed by atoms with Gasteiger partial charge in [0.25, 0.3) is 5.56 Å². The Balaban J connectivity index is 1.73. The average molecular weight is 475 g/mol. The highest BCUT2D eigenvalue weighted by Gasteiger charge is 2.28. The molecule has 0 saturated carbocycles. The minimum atomic E-state index is -0.610. The normalized spacial score (nSPS) is 14.4. The van der Waals surface area contributed by atoms with Gasteiger partial charge in [-0.25, -0.2) is 14.1 Å². The van der Waals surface area contributed by atoms with Crippen molar-refractivity contribution in [3.05, 3.63) is 67.4 Å². The molecule has 1 aliphatic heterocycles. The Morgan fingerprint density at radius 3 is 2.69 bits per heavy atom. The van der Waals surface area contributed by atoms with Gasteiger partial charge >= 0.3 is 11.5 Å². The van der Waals surface area contributed by atoms with Gasteiger partial charge in [-0.1, -0.05) is 12.1 Å². The van der Waals surface area contributed by atoms with Crippen LogP contribution >= 0.6 is 0 Å². The van der Waals surface area contributed by atoms with Crippen molar-refractivity contribution in [1.29, 1.82) is 5.26 Å². The lowest BCUT2D eigenvalue weighted by molar-refractivity contribution is -0.623. The zero-order chi connectivity index (χ0) is 24.9. The summed E-state index contributed by atoms with van der Waals surface area (Å²) in [5.41, 5.74) is 0.721. The second kappa shape index (κ2) is 8.56. The van der Waals surface area contributed by atoms with E-state index in [4.69, 9.17) is 0 Å². The molecule has 5 rings (SSSR count). The number of para-hydroxylation sites is 1. The van der Waals surface area contributed by atoms with Crippen molar-refractivity contribution in [2.45, 2.75) is 19.9 Å². The lowest BCUT2D eigenvalue weighted by Gasteiger charge is -2.23. The van der Waals surface area contributed by atoms with Crippen LogP contribution in [0.3, 0.4) is 0 Å². The Kier molecular flexibility index (Phi) is 5.53. The molecule has 0 bridgehead atoms. The van der Waals surface area contributed by atoms with Crippen molar-refractivity contribution in [2.75, 3.05) is 31.1 Å². The largest absolute Gasteiger partial charge is 0.710 e. The van der Waals surface area contributed by atoms with Gasteiger partial charge in [0.2, 0.25) is 0 Å². The van der Waals surface area contributed by atoms with Gasteiger partial charge in [-0.2, -0.15) is 5.26 Å². The predicted octanol–water partition coefficient (Wildman–Crippen LogP) is 0.248. The molecule has 4 heterocycles. The van der Waals surface area contributed by atoms with Crippen LogP contribution in [0.5, 0.6) is 0 Å². The maximum absolute atomic E-state index is 13.7. The number of aromatic nitrogens is 5. The van der Waals surface area contributed by atoms with Crippen LogP contribution in [0.1, 0.15) is 23.5 Å². The molecule has 0 unspecified atom stereocenters. The first-order valence-electron chi connectivity index (χ1n) is 11.5. The number of nitrogens with one attached hydrogen (secondary N) is 1. The second-order valence-electron chi connectivity index (χ2n) is 8.82. The first kappa shape index (κ1) is 22.6. The lowest BCUT2D eigenvalue weighted by atomic mass is 10.2. The Labute approximate surface area is 200 Å². The fraction of sp³-hybridized carbons (Fsp3) is 0.375. The third kappa shape index (κ3) is 3.45. The number of hydrogen-bond donors (Lipinski definition) is 1. The number of aryl methyl sites for hydroxylation is 3. The third-order valence-corrected chi connectivity index (χ3v) is 6.77. The van der Waals surface area contributed by atoms with Gasteiger partial charge in [-0.15, -0.1) is 0 Å². The van der Waals surface area contributed by atoms with E-state index >= 15 is 0 Å². The fourth-order valence-corrected chi connectivity index (χ4v) is 5.00. The average Bonchev–Trinajstić information content (AvgIpc) is 2.99. The van der Waals surface area contributed by atoms with Crippen molar-refractivity contribution in [3.63, 3.8) is 0 Å². The van der Waals surface area contributed by atoms with Crippen molar-refractivity contribution >= 4 is 27.8 Å². The molecule has 1 N–H and O–H groups in total. The minimum absolute atomic E-state index is 0.0493. The quantitative estimate of drug-likeness (QED) is 0.333. The predicted molar refractivity (Wildman–Crippen MR) is 131 cm³/mol. The first-order valence-corrected chi connectivity index (χ1v) is 11.5. The number of fused-ring (bicyclic) bond motifs is 2. The van der Waals surface area contributed by atoms with E-state index in [0.717, 1.165) is 30.6 Å². The molecule has 180 valence electrons. The number of anilines is 1. The minimum Gasteiger partial charge on any atom is -0.710 e. The summed E-state index contributed by atoms with van der Waals surface area (Å²) in [6, 6.07) is 9.46. The van der Waals surface area contributed by atoms with Crippen LogP contribution in [0.2, 0.25) is 0 Å². The Hall–Kier alpha value is -4.17. The summed E-state index contributed by atoms with van der Waals surface area (Å²) >= 11 is 0. The topological polar surface area (TPSA) is 128 Å². The van der Waals surface area contributed by atoms with E-state index in [1.165, 1.54) is 4.57 Å². The summed E-state index contributed by atoms with van der Waals surface area (Å²) in [5, 5.41) is 27.0. The van der Waals surface area contributed by atoms with Crippen molar-refractivity contribution in [3.8, 4) is 6.07 Å². The molecule has 4 aromatic rings. The van der Waals surface area contributed by atoms with Crippen molar-refractivity contribution < 1.29 is 4.73 Å². The molecule has 0 spiro atoms. The van der Waals surface area contributed by atoms with E-state index in [2.05, 4.69) is 21.3 Å². The van der Waals surface area contributed by atoms with Crippen LogP contribution in [-0.2, 0) is 20.6 Å². The summed E-state index contributed by atoms with van der Waals surface area (Å²) < 4.78 is 4.70. The first-order chi connectivity index (χ1) is 16.8. The standard InChI is InChI=1S/C24H26N8O3/c1-15-16-7-4-5-8-18(16)27-19(32(15)35)14-31-23(33)21-20(29(3)24(31)34)17(13-25)22(28(21)2)30-11-6-9-26-10-12-30/h4-5,7-8,26H,6,9-12,14H2,1-3H3. The molecule has 1 aliphatic rings. The molecular weight excluding hydrogens is 448 g/mol. The van der Waals surface area contributed by atoms with Crippen LogP contribution in [0, 0.1) is 23.5 Å². The van der Waals surface area contributed by atoms with E-state index in [1.807, 2.05) is 12.1 Å². The highest BCUT2D eigenvalue weighted by atomic mass is 16.5. The molecule has 35 heavy (non-hydrogen) atoms. The third-order valence-electron chi connectivity index (χ3n) is 6.77. The summed E-state index contributed by atoms with van der Waals surface area (Å²) in [6.45, 7) is 4.44. The van der Waals surface area contributed by atoms with E-state index in [0.29, 0.717) is 44.8 Å². The van der Waals surface area contributed by atoms with Gasteiger partial charge in [-0.3, -0.25) is 9.36 Å². The van der Waals surface area contributed by atoms with E-state index in [-0.39, 0.29) is 17.9 Å². The molecule has 11 heteroatoms. The van der Waals surface area contributed by atoms with E-state index < -0.39 is 11.2 Å². The van der Waals surface area contributed by atoms with Gasteiger partial charge in [0.15, 0.2) is 5.52 Å². The van der Waals surface area contributed by atoms with Crippen LogP contribution in [0.25, 0.3) is 21.9 Å². The molecule has 0 radical (unpaired) electrons. The maximum atomic E-state index is 13.7. The number of hydrogen-bond acceptors (Lipinski definition) is 7. The smallest absolute Gasteiger partial charge is 0.331 e. The molecule has 1 saturated heterocycles. The molecule has 1 aromatic carbocycles. The molecule has 0 amide bonds. The van der Waals surface area contributed by atoms with Gasteiger partial charge < -0.3 is 20.0 Å². The number of benzene rings is 1. The molecule has 0 atom stereocenters. The Bertz CT molecular complexity index is 1630. The lowest BCUT2D eigenvalue weighted by Crippen LogP contribution is -2.44. The maximum Gasteiger partial charge on any atom is 0.331 e. The highest BCUT2D eigenvalue weighted by Crippen LogP contribution is 2.29. The molecular formula is C24H26N8O3. The number of rotatable bonds is 3. The number of nitrogens with zero attached hydrogens (tertiary/aromatic N) is 7. The summed E-state index contributed by atoms with van der Waals surface area (Å²) in [7, 11) is 3.28. The van der Waals surface area contributed by atoms with Gasteiger partial charge in [0, 0.05) is 33.7 Å². The monoisotopic (exact) mass is 474 g/mol. The van der Waals surface area contributed by atoms with Crippen LogP contribution in [-0.4, -0.2) is 44.9 Å². The van der Waals surface area contributed by atoms with Crippen molar-refractivity contribution in [1.82, 2.24) is 24.0 Å². The van der Waals surface area contributed by atoms with Gasteiger partial charge in [0.05, 0.1) is 10.9 Å². The zero-order valence-electron chi connectivity index (χ0n) is 19.9. The van der Waals surface area contributed by atoms with Crippen LogP contribution in [0.15, 0.2) is 33.9 Å². The molecule has 11 nitrogen and oxygen atoms in total. The van der Waals surface area contributed by atoms with E-state index in [9.17, 15) is 20.1 Å². The Morgan fingerprint density at radius 1 is 1.14 bits per heavy atom. The van der Waals surface area contributed by atoms with Crippen LogP contribution in [0.4, 0.5) is 5.82 Å². The molecule has 3 aromatic heterocycles. The summed E-state index contributed by atoms with van der Waals surface area (Å²) in [4.78, 5) is 33.5. The van der Waals surface area contributed by atoms with Gasteiger partial charge in [-0.05, 0) is 37.0 Å². The molecule has 1 fully saturated rings. The highest BCUT2D eigenvalue weighted by molar-refractivity contribution is 5.89. The van der Waals surface area contributed by atoms with E-state index in [1.54, 1.807) is 37.7 Å². The molecule has 0 aliphatic carbocycles. The van der Waals surface area contributed by atoms with Crippen molar-refractivity contribution in [2.24, 2.45) is 14.1 Å². The Morgan fingerprint density at radius 2 is 1.91 bits per heavy atom. The summed E-state index contributed by atoms with van der Waals surface area (Å²) in [6.07, 6.45) is 0.895. The zero-order valence-corrected chi connectivity index (χ0v) is 19.9. The number of nitriles is 1.